The molecule has 5 heteroatoms. The first kappa shape index (κ1) is 14.7. The first-order valence-corrected chi connectivity index (χ1v) is 6.53. The Morgan fingerprint density at radius 3 is 2.61 bits per heavy atom. The van der Waals surface area contributed by atoms with E-state index < -0.39 is 0 Å². The van der Waals surface area contributed by atoms with Crippen LogP contribution in [-0.4, -0.2) is 24.4 Å². The summed E-state index contributed by atoms with van der Waals surface area (Å²) in [5.41, 5.74) is 1.43. The summed E-state index contributed by atoms with van der Waals surface area (Å²) < 4.78 is 0.877. The summed E-state index contributed by atoms with van der Waals surface area (Å²) in [7, 11) is 0. The molecular weight excluding hydrogens is 296 g/mol. The van der Waals surface area contributed by atoms with Crippen molar-refractivity contribution in [3.8, 4) is 0 Å². The molecule has 1 aromatic carbocycles. The normalized spacial score (nSPS) is 10.3. The number of amides is 2. The molecule has 0 aromatic heterocycles. The molecule has 0 saturated heterocycles. The van der Waals surface area contributed by atoms with Gasteiger partial charge >= 0.3 is 0 Å². The molecule has 0 unspecified atom stereocenters. The van der Waals surface area contributed by atoms with E-state index >= 15 is 0 Å². The highest BCUT2D eigenvalue weighted by molar-refractivity contribution is 9.10. The first-order chi connectivity index (χ1) is 8.41. The van der Waals surface area contributed by atoms with Gasteiger partial charge in [0.25, 0.3) is 5.91 Å². The Kier molecular flexibility index (Phi) is 5.34. The molecule has 0 atom stereocenters. The second-order valence-electron chi connectivity index (χ2n) is 4.32. The molecule has 1 aromatic rings. The van der Waals surface area contributed by atoms with Gasteiger partial charge in [-0.1, -0.05) is 22.0 Å². The minimum atomic E-state index is -0.243. The molecule has 0 bridgehead atoms. The highest BCUT2D eigenvalue weighted by atomic mass is 79.9. The second kappa shape index (κ2) is 6.54. The zero-order valence-corrected chi connectivity index (χ0v) is 12.3. The number of hydrogen-bond donors (Lipinski definition) is 2. The third kappa shape index (κ3) is 4.14. The molecule has 0 fully saturated rings. The number of halogens is 1. The lowest BCUT2D eigenvalue weighted by Crippen LogP contribution is -2.39. The molecule has 2 amide bonds. The average Bonchev–Trinajstić information content (AvgIpc) is 2.29. The Morgan fingerprint density at radius 2 is 2.00 bits per heavy atom. The van der Waals surface area contributed by atoms with E-state index in [-0.39, 0.29) is 24.4 Å². The summed E-state index contributed by atoms with van der Waals surface area (Å²) in [6.07, 6.45) is 0. The molecule has 2 N–H and O–H groups in total. The first-order valence-electron chi connectivity index (χ1n) is 5.74. The van der Waals surface area contributed by atoms with Crippen LogP contribution in [0.15, 0.2) is 22.7 Å². The number of benzene rings is 1. The van der Waals surface area contributed by atoms with Crippen LogP contribution in [0.25, 0.3) is 0 Å². The van der Waals surface area contributed by atoms with Crippen molar-refractivity contribution in [3.63, 3.8) is 0 Å². The van der Waals surface area contributed by atoms with Gasteiger partial charge in [0.2, 0.25) is 5.91 Å². The molecule has 1 rings (SSSR count). The SMILES string of the molecule is Cc1c(Br)cccc1C(=O)NCC(=O)NC(C)C. The van der Waals surface area contributed by atoms with E-state index in [0.717, 1.165) is 10.0 Å². The highest BCUT2D eigenvalue weighted by Crippen LogP contribution is 2.19. The maximum absolute atomic E-state index is 11.9. The van der Waals surface area contributed by atoms with E-state index in [2.05, 4.69) is 26.6 Å². The van der Waals surface area contributed by atoms with Gasteiger partial charge in [-0.05, 0) is 38.5 Å². The summed E-state index contributed by atoms with van der Waals surface area (Å²) in [6.45, 7) is 5.59. The summed E-state index contributed by atoms with van der Waals surface area (Å²) in [5, 5.41) is 5.31. The standard InChI is InChI=1S/C13H17BrN2O2/c1-8(2)16-12(17)7-15-13(18)10-5-4-6-11(14)9(10)3/h4-6,8H,7H2,1-3H3,(H,15,18)(H,16,17). The van der Waals surface area contributed by atoms with Crippen LogP contribution >= 0.6 is 15.9 Å². The van der Waals surface area contributed by atoms with Gasteiger partial charge in [-0.2, -0.15) is 0 Å². The molecule has 18 heavy (non-hydrogen) atoms. The van der Waals surface area contributed by atoms with Crippen molar-refractivity contribution in [1.29, 1.82) is 0 Å². The van der Waals surface area contributed by atoms with Crippen molar-refractivity contribution >= 4 is 27.7 Å². The summed E-state index contributed by atoms with van der Waals surface area (Å²) in [5.74, 6) is -0.432. The molecule has 98 valence electrons. The predicted molar refractivity (Wildman–Crippen MR) is 74.5 cm³/mol. The Bertz CT molecular complexity index is 458. The van der Waals surface area contributed by atoms with Crippen LogP contribution in [0.1, 0.15) is 29.8 Å². The van der Waals surface area contributed by atoms with Crippen molar-refractivity contribution in [2.45, 2.75) is 26.8 Å². The van der Waals surface area contributed by atoms with Gasteiger partial charge in [0.15, 0.2) is 0 Å². The monoisotopic (exact) mass is 312 g/mol. The quantitative estimate of drug-likeness (QED) is 0.893. The zero-order chi connectivity index (χ0) is 13.7. The fourth-order valence-corrected chi connectivity index (χ4v) is 1.85. The van der Waals surface area contributed by atoms with Crippen LogP contribution in [0.2, 0.25) is 0 Å². The van der Waals surface area contributed by atoms with Crippen LogP contribution in [0.3, 0.4) is 0 Å². The topological polar surface area (TPSA) is 58.2 Å². The number of rotatable bonds is 4. The maximum Gasteiger partial charge on any atom is 0.252 e. The van der Waals surface area contributed by atoms with Gasteiger partial charge in [-0.25, -0.2) is 0 Å². The molecule has 0 saturated carbocycles. The van der Waals surface area contributed by atoms with Crippen molar-refractivity contribution in [1.82, 2.24) is 10.6 Å². The minimum absolute atomic E-state index is 0.0109. The van der Waals surface area contributed by atoms with Crippen molar-refractivity contribution in [2.24, 2.45) is 0 Å². The van der Waals surface area contributed by atoms with Gasteiger partial charge in [0.1, 0.15) is 0 Å². The number of carbonyl (C=O) groups excluding carboxylic acids is 2. The average molecular weight is 313 g/mol. The maximum atomic E-state index is 11.9. The molecule has 0 radical (unpaired) electrons. The molecule has 0 heterocycles. The zero-order valence-electron chi connectivity index (χ0n) is 10.7. The Hall–Kier alpha value is -1.36. The summed E-state index contributed by atoms with van der Waals surface area (Å²) in [4.78, 5) is 23.3. The predicted octanol–water partition coefficient (Wildman–Crippen LogP) is 2.01. The summed E-state index contributed by atoms with van der Waals surface area (Å²) >= 11 is 3.37. The smallest absolute Gasteiger partial charge is 0.252 e. The molecule has 0 aliphatic rings. The lowest BCUT2D eigenvalue weighted by atomic mass is 10.1. The van der Waals surface area contributed by atoms with Crippen molar-refractivity contribution in [3.05, 3.63) is 33.8 Å². The number of hydrogen-bond acceptors (Lipinski definition) is 2. The number of carbonyl (C=O) groups is 2. The van der Waals surface area contributed by atoms with Gasteiger partial charge in [-0.3, -0.25) is 9.59 Å². The Balaban J connectivity index is 2.61. The van der Waals surface area contributed by atoms with Crippen LogP contribution in [0, 0.1) is 6.92 Å². The van der Waals surface area contributed by atoms with Gasteiger partial charge in [0, 0.05) is 16.1 Å². The molecular formula is C13H17BrN2O2. The van der Waals surface area contributed by atoms with Gasteiger partial charge in [0.05, 0.1) is 6.54 Å². The van der Waals surface area contributed by atoms with E-state index in [4.69, 9.17) is 0 Å². The van der Waals surface area contributed by atoms with Crippen molar-refractivity contribution in [2.75, 3.05) is 6.54 Å². The highest BCUT2D eigenvalue weighted by Gasteiger charge is 2.12. The van der Waals surface area contributed by atoms with E-state index in [1.165, 1.54) is 0 Å². The van der Waals surface area contributed by atoms with E-state index in [0.29, 0.717) is 5.56 Å². The molecule has 0 spiro atoms. The molecule has 0 aliphatic heterocycles. The Labute approximate surface area is 115 Å². The van der Waals surface area contributed by atoms with E-state index in [1.54, 1.807) is 12.1 Å². The fraction of sp³-hybridized carbons (Fsp3) is 0.385. The van der Waals surface area contributed by atoms with E-state index in [1.807, 2.05) is 26.8 Å². The van der Waals surface area contributed by atoms with Gasteiger partial charge < -0.3 is 10.6 Å². The molecule has 4 nitrogen and oxygen atoms in total. The largest absolute Gasteiger partial charge is 0.352 e. The molecule has 0 aliphatic carbocycles. The van der Waals surface area contributed by atoms with Crippen LogP contribution in [0.4, 0.5) is 0 Å². The lowest BCUT2D eigenvalue weighted by molar-refractivity contribution is -0.120. The lowest BCUT2D eigenvalue weighted by Gasteiger charge is -2.10. The van der Waals surface area contributed by atoms with Crippen LogP contribution in [0.5, 0.6) is 0 Å². The summed E-state index contributed by atoms with van der Waals surface area (Å²) in [6, 6.07) is 5.47. The van der Waals surface area contributed by atoms with Crippen LogP contribution in [-0.2, 0) is 4.79 Å². The fourth-order valence-electron chi connectivity index (χ4n) is 1.48. The number of nitrogens with one attached hydrogen (secondary N) is 2. The minimum Gasteiger partial charge on any atom is -0.352 e. The Morgan fingerprint density at radius 1 is 1.33 bits per heavy atom. The van der Waals surface area contributed by atoms with E-state index in [9.17, 15) is 9.59 Å². The third-order valence-electron chi connectivity index (χ3n) is 2.37. The van der Waals surface area contributed by atoms with Gasteiger partial charge in [-0.15, -0.1) is 0 Å². The third-order valence-corrected chi connectivity index (χ3v) is 3.23. The van der Waals surface area contributed by atoms with Crippen molar-refractivity contribution < 1.29 is 9.59 Å². The van der Waals surface area contributed by atoms with Crippen LogP contribution < -0.4 is 10.6 Å². The second-order valence-corrected chi connectivity index (χ2v) is 5.17.